The Morgan fingerprint density at radius 1 is 1.09 bits per heavy atom. The van der Waals surface area contributed by atoms with Gasteiger partial charge in [0.1, 0.15) is 0 Å². The molecule has 2 rings (SSSR count). The Labute approximate surface area is 134 Å². The van der Waals surface area contributed by atoms with Crippen LogP contribution in [0.2, 0.25) is 0 Å². The van der Waals surface area contributed by atoms with Crippen molar-refractivity contribution >= 4 is 11.7 Å². The third kappa shape index (κ3) is 6.06. The summed E-state index contributed by atoms with van der Waals surface area (Å²) in [6.45, 7) is 4.25. The average molecular weight is 303 g/mol. The van der Waals surface area contributed by atoms with Gasteiger partial charge in [-0.2, -0.15) is 0 Å². The Bertz CT molecular complexity index is 438. The van der Waals surface area contributed by atoms with Crippen molar-refractivity contribution in [1.29, 1.82) is 0 Å². The van der Waals surface area contributed by atoms with Crippen LogP contribution in [-0.4, -0.2) is 25.2 Å². The minimum Gasteiger partial charge on any atom is -0.335 e. The zero-order chi connectivity index (χ0) is 15.6. The molecule has 0 atom stereocenters. The molecule has 22 heavy (non-hydrogen) atoms. The Kier molecular flexibility index (Phi) is 7.23. The van der Waals surface area contributed by atoms with E-state index >= 15 is 0 Å². The van der Waals surface area contributed by atoms with Crippen LogP contribution in [0.4, 0.5) is 10.5 Å². The van der Waals surface area contributed by atoms with E-state index in [4.69, 9.17) is 0 Å². The third-order valence-electron chi connectivity index (χ3n) is 4.17. The number of rotatable bonds is 7. The molecule has 0 bridgehead atoms. The largest absolute Gasteiger partial charge is 0.335 e. The topological polar surface area (TPSA) is 53.2 Å². The third-order valence-corrected chi connectivity index (χ3v) is 4.17. The molecule has 0 aromatic heterocycles. The zero-order valence-electron chi connectivity index (χ0n) is 13.7. The first-order valence-corrected chi connectivity index (χ1v) is 8.65. The maximum absolute atomic E-state index is 12.0. The molecule has 0 spiro atoms. The van der Waals surface area contributed by atoms with E-state index in [1.165, 1.54) is 31.2 Å². The fourth-order valence-electron chi connectivity index (χ4n) is 2.89. The molecule has 0 heterocycles. The molecule has 0 unspecified atom stereocenters. The smallest absolute Gasteiger partial charge is 0.319 e. The van der Waals surface area contributed by atoms with Crippen molar-refractivity contribution < 1.29 is 4.79 Å². The molecular weight excluding hydrogens is 274 g/mol. The molecule has 1 aromatic rings. The number of urea groups is 1. The summed E-state index contributed by atoms with van der Waals surface area (Å²) in [4.78, 5) is 12.0. The van der Waals surface area contributed by atoms with Gasteiger partial charge in [0.15, 0.2) is 0 Å². The standard InChI is InChI=1S/C18H29N3O/c1-2-13-19-14-12-15-8-10-17(11-9-15)21-18(22)20-16-6-4-3-5-7-16/h8-11,16,19H,2-7,12-14H2,1H3,(H2,20,21,22). The molecule has 3 N–H and O–H groups in total. The normalized spacial score (nSPS) is 15.5. The summed E-state index contributed by atoms with van der Waals surface area (Å²) < 4.78 is 0. The summed E-state index contributed by atoms with van der Waals surface area (Å²) in [6, 6.07) is 8.40. The van der Waals surface area contributed by atoms with Gasteiger partial charge in [0, 0.05) is 11.7 Å². The molecule has 1 aromatic carbocycles. The molecule has 0 radical (unpaired) electrons. The van der Waals surface area contributed by atoms with Crippen molar-refractivity contribution in [2.75, 3.05) is 18.4 Å². The summed E-state index contributed by atoms with van der Waals surface area (Å²) in [5.41, 5.74) is 2.15. The van der Waals surface area contributed by atoms with Crippen LogP contribution in [0.1, 0.15) is 51.0 Å². The molecule has 1 fully saturated rings. The van der Waals surface area contributed by atoms with E-state index in [9.17, 15) is 4.79 Å². The van der Waals surface area contributed by atoms with Crippen LogP contribution in [-0.2, 0) is 6.42 Å². The molecule has 0 aliphatic heterocycles. The van der Waals surface area contributed by atoms with E-state index in [1.54, 1.807) is 0 Å². The van der Waals surface area contributed by atoms with Gasteiger partial charge < -0.3 is 16.0 Å². The van der Waals surface area contributed by atoms with Gasteiger partial charge in [0.25, 0.3) is 0 Å². The molecule has 0 saturated heterocycles. The minimum atomic E-state index is -0.0794. The number of benzene rings is 1. The Morgan fingerprint density at radius 3 is 2.50 bits per heavy atom. The molecular formula is C18H29N3O. The number of anilines is 1. The lowest BCUT2D eigenvalue weighted by atomic mass is 9.96. The number of carbonyl (C=O) groups excluding carboxylic acids is 1. The first-order valence-electron chi connectivity index (χ1n) is 8.65. The lowest BCUT2D eigenvalue weighted by Gasteiger charge is -2.22. The van der Waals surface area contributed by atoms with E-state index in [0.29, 0.717) is 6.04 Å². The van der Waals surface area contributed by atoms with Crippen molar-refractivity contribution in [3.8, 4) is 0 Å². The van der Waals surface area contributed by atoms with Crippen LogP contribution in [0.15, 0.2) is 24.3 Å². The van der Waals surface area contributed by atoms with E-state index in [-0.39, 0.29) is 6.03 Å². The Morgan fingerprint density at radius 2 is 1.82 bits per heavy atom. The quantitative estimate of drug-likeness (QED) is 0.673. The summed E-state index contributed by atoms with van der Waals surface area (Å²) in [5.74, 6) is 0. The fraction of sp³-hybridized carbons (Fsp3) is 0.611. The van der Waals surface area contributed by atoms with E-state index in [2.05, 4.69) is 35.0 Å². The Hall–Kier alpha value is -1.55. The minimum absolute atomic E-state index is 0.0794. The monoisotopic (exact) mass is 303 g/mol. The number of amides is 2. The molecule has 4 heteroatoms. The summed E-state index contributed by atoms with van der Waals surface area (Å²) in [5, 5.41) is 9.39. The van der Waals surface area contributed by atoms with Gasteiger partial charge in [-0.05, 0) is 56.5 Å². The molecule has 122 valence electrons. The number of hydrogen-bond donors (Lipinski definition) is 3. The number of hydrogen-bond acceptors (Lipinski definition) is 2. The SMILES string of the molecule is CCCNCCc1ccc(NC(=O)NC2CCCCC2)cc1. The van der Waals surface area contributed by atoms with Crippen LogP contribution in [0.3, 0.4) is 0 Å². The zero-order valence-corrected chi connectivity index (χ0v) is 13.7. The first-order chi connectivity index (χ1) is 10.8. The molecule has 1 aliphatic carbocycles. The van der Waals surface area contributed by atoms with Crippen LogP contribution in [0, 0.1) is 0 Å². The van der Waals surface area contributed by atoms with Gasteiger partial charge in [0.05, 0.1) is 0 Å². The van der Waals surface area contributed by atoms with Crippen LogP contribution < -0.4 is 16.0 Å². The van der Waals surface area contributed by atoms with Gasteiger partial charge >= 0.3 is 6.03 Å². The molecule has 4 nitrogen and oxygen atoms in total. The maximum atomic E-state index is 12.0. The van der Waals surface area contributed by atoms with E-state index in [1.807, 2.05) is 12.1 Å². The first kappa shape index (κ1) is 16.8. The second kappa shape index (κ2) is 9.46. The molecule has 1 saturated carbocycles. The van der Waals surface area contributed by atoms with Crippen LogP contribution in [0.5, 0.6) is 0 Å². The number of carbonyl (C=O) groups is 1. The highest BCUT2D eigenvalue weighted by atomic mass is 16.2. The van der Waals surface area contributed by atoms with Crippen molar-refractivity contribution in [2.45, 2.75) is 57.9 Å². The molecule has 2 amide bonds. The van der Waals surface area contributed by atoms with E-state index in [0.717, 1.165) is 38.0 Å². The highest BCUT2D eigenvalue weighted by Crippen LogP contribution is 2.17. The van der Waals surface area contributed by atoms with Crippen molar-refractivity contribution in [1.82, 2.24) is 10.6 Å². The predicted molar refractivity (Wildman–Crippen MR) is 92.3 cm³/mol. The van der Waals surface area contributed by atoms with E-state index < -0.39 is 0 Å². The number of nitrogens with one attached hydrogen (secondary N) is 3. The highest BCUT2D eigenvalue weighted by Gasteiger charge is 2.15. The average Bonchev–Trinajstić information content (AvgIpc) is 2.54. The Balaban J connectivity index is 1.71. The second-order valence-corrected chi connectivity index (χ2v) is 6.13. The van der Waals surface area contributed by atoms with Crippen LogP contribution in [0.25, 0.3) is 0 Å². The van der Waals surface area contributed by atoms with Crippen molar-refractivity contribution in [3.05, 3.63) is 29.8 Å². The predicted octanol–water partition coefficient (Wildman–Crippen LogP) is 3.68. The lowest BCUT2D eigenvalue weighted by Crippen LogP contribution is -2.39. The van der Waals surface area contributed by atoms with Crippen molar-refractivity contribution in [3.63, 3.8) is 0 Å². The fourth-order valence-corrected chi connectivity index (χ4v) is 2.89. The van der Waals surface area contributed by atoms with Gasteiger partial charge in [-0.1, -0.05) is 38.3 Å². The van der Waals surface area contributed by atoms with Crippen molar-refractivity contribution in [2.24, 2.45) is 0 Å². The molecule has 1 aliphatic rings. The van der Waals surface area contributed by atoms with Crippen LogP contribution >= 0.6 is 0 Å². The summed E-state index contributed by atoms with van der Waals surface area (Å²) in [7, 11) is 0. The summed E-state index contributed by atoms with van der Waals surface area (Å²) >= 11 is 0. The van der Waals surface area contributed by atoms with Gasteiger partial charge in [-0.15, -0.1) is 0 Å². The second-order valence-electron chi connectivity index (χ2n) is 6.13. The highest BCUT2D eigenvalue weighted by molar-refractivity contribution is 5.89. The van der Waals surface area contributed by atoms with Gasteiger partial charge in [-0.3, -0.25) is 0 Å². The maximum Gasteiger partial charge on any atom is 0.319 e. The van der Waals surface area contributed by atoms with Gasteiger partial charge in [-0.25, -0.2) is 4.79 Å². The van der Waals surface area contributed by atoms with Gasteiger partial charge in [0.2, 0.25) is 0 Å². The lowest BCUT2D eigenvalue weighted by molar-refractivity contribution is 0.244. The summed E-state index contributed by atoms with van der Waals surface area (Å²) in [6.07, 6.45) is 8.16.